The minimum absolute atomic E-state index is 0.162. The maximum atomic E-state index is 12.7. The summed E-state index contributed by atoms with van der Waals surface area (Å²) in [5.74, 6) is 0. The van der Waals surface area contributed by atoms with Crippen molar-refractivity contribution in [3.63, 3.8) is 0 Å². The molecule has 3 heterocycles. The summed E-state index contributed by atoms with van der Waals surface area (Å²) in [5.41, 5.74) is 4.50. The minimum atomic E-state index is -0.162. The molecular weight excluding hydrogens is 376 g/mol. The molecule has 5 aromatic rings. The molecule has 0 radical (unpaired) electrons. The fourth-order valence-corrected chi connectivity index (χ4v) is 3.50. The van der Waals surface area contributed by atoms with Crippen LogP contribution in [0.25, 0.3) is 28.5 Å². The van der Waals surface area contributed by atoms with Gasteiger partial charge in [0.15, 0.2) is 5.69 Å². The van der Waals surface area contributed by atoms with Gasteiger partial charge in [0.1, 0.15) is 0 Å². The van der Waals surface area contributed by atoms with Gasteiger partial charge >= 0.3 is 0 Å². The second-order valence-electron chi connectivity index (χ2n) is 6.81. The van der Waals surface area contributed by atoms with Gasteiger partial charge in [0, 0.05) is 30.2 Å². The van der Waals surface area contributed by atoms with Crippen molar-refractivity contribution < 1.29 is 0 Å². The molecule has 0 aliphatic carbocycles. The van der Waals surface area contributed by atoms with E-state index in [-0.39, 0.29) is 5.43 Å². The molecule has 0 bridgehead atoms. The van der Waals surface area contributed by atoms with Crippen LogP contribution in [0, 0.1) is 6.92 Å². The van der Waals surface area contributed by atoms with E-state index in [1.807, 2.05) is 72.4 Å². The van der Waals surface area contributed by atoms with E-state index in [4.69, 9.17) is 0 Å². The smallest absolute Gasteiger partial charge is 0.209 e. The summed E-state index contributed by atoms with van der Waals surface area (Å²) in [6.45, 7) is 2.01. The van der Waals surface area contributed by atoms with E-state index in [0.29, 0.717) is 11.4 Å². The van der Waals surface area contributed by atoms with Gasteiger partial charge in [-0.15, -0.1) is 0 Å². The highest BCUT2D eigenvalue weighted by Crippen LogP contribution is 2.22. The number of para-hydroxylation sites is 1. The largest absolute Gasteiger partial charge is 0.287 e. The Morgan fingerprint density at radius 2 is 1.53 bits per heavy atom. The van der Waals surface area contributed by atoms with Crippen LogP contribution in [0.4, 0.5) is 0 Å². The van der Waals surface area contributed by atoms with E-state index in [1.54, 1.807) is 34.0 Å². The van der Waals surface area contributed by atoms with Gasteiger partial charge in [0.25, 0.3) is 0 Å². The first-order chi connectivity index (χ1) is 14.7. The molecule has 0 saturated heterocycles. The first kappa shape index (κ1) is 17.8. The second-order valence-corrected chi connectivity index (χ2v) is 6.81. The minimum Gasteiger partial charge on any atom is -0.287 e. The van der Waals surface area contributed by atoms with Crippen molar-refractivity contribution in [1.82, 2.24) is 29.3 Å². The van der Waals surface area contributed by atoms with Crippen LogP contribution < -0.4 is 5.43 Å². The molecular formula is C23H18N6O. The monoisotopic (exact) mass is 394 g/mol. The zero-order chi connectivity index (χ0) is 20.5. The Bertz CT molecular complexity index is 1370. The maximum absolute atomic E-state index is 12.7. The summed E-state index contributed by atoms with van der Waals surface area (Å²) in [4.78, 5) is 12.7. The topological polar surface area (TPSA) is 70.5 Å². The Kier molecular flexibility index (Phi) is 4.33. The van der Waals surface area contributed by atoms with Crippen molar-refractivity contribution in [3.8, 4) is 28.5 Å². The predicted octanol–water partition coefficient (Wildman–Crippen LogP) is 3.58. The standard InChI is InChI=1S/C23H18N6O/c1-17-19(27-15-6-13-24-27)9-5-10-20(17)28-16-12-22(30)23(26-28)21-11-14-25-29(21)18-7-3-2-4-8-18/h2-16H,1H3. The molecule has 30 heavy (non-hydrogen) atoms. The highest BCUT2D eigenvalue weighted by Gasteiger charge is 2.15. The Balaban J connectivity index is 1.65. The maximum Gasteiger partial charge on any atom is 0.209 e. The highest BCUT2D eigenvalue weighted by atomic mass is 16.1. The number of aromatic nitrogens is 6. The van der Waals surface area contributed by atoms with Crippen molar-refractivity contribution in [3.05, 3.63) is 107 Å². The quantitative estimate of drug-likeness (QED) is 0.467. The van der Waals surface area contributed by atoms with Crippen LogP contribution >= 0.6 is 0 Å². The molecule has 3 aromatic heterocycles. The molecule has 0 aliphatic rings. The highest BCUT2D eigenvalue weighted by molar-refractivity contribution is 5.58. The lowest BCUT2D eigenvalue weighted by Crippen LogP contribution is -2.15. The van der Waals surface area contributed by atoms with Crippen molar-refractivity contribution in [1.29, 1.82) is 0 Å². The zero-order valence-corrected chi connectivity index (χ0v) is 16.3. The van der Waals surface area contributed by atoms with Crippen LogP contribution in [-0.2, 0) is 0 Å². The van der Waals surface area contributed by atoms with Crippen LogP contribution in [0.5, 0.6) is 0 Å². The predicted molar refractivity (Wildman–Crippen MR) is 114 cm³/mol. The van der Waals surface area contributed by atoms with Crippen molar-refractivity contribution in [2.75, 3.05) is 0 Å². The summed E-state index contributed by atoms with van der Waals surface area (Å²) >= 11 is 0. The van der Waals surface area contributed by atoms with Gasteiger partial charge < -0.3 is 0 Å². The average Bonchev–Trinajstić information content (AvgIpc) is 3.47. The molecule has 146 valence electrons. The Labute approximate surface area is 172 Å². The third-order valence-corrected chi connectivity index (χ3v) is 4.97. The van der Waals surface area contributed by atoms with Gasteiger partial charge in [-0.1, -0.05) is 24.3 Å². The molecule has 0 saturated carbocycles. The van der Waals surface area contributed by atoms with E-state index < -0.39 is 0 Å². The van der Waals surface area contributed by atoms with Gasteiger partial charge in [0.05, 0.1) is 29.0 Å². The van der Waals surface area contributed by atoms with E-state index >= 15 is 0 Å². The summed E-state index contributed by atoms with van der Waals surface area (Å²) in [7, 11) is 0. The third kappa shape index (κ3) is 3.02. The fraction of sp³-hybridized carbons (Fsp3) is 0.0435. The van der Waals surface area contributed by atoms with Gasteiger partial charge in [0.2, 0.25) is 5.43 Å². The first-order valence-electron chi connectivity index (χ1n) is 9.52. The van der Waals surface area contributed by atoms with Crippen LogP contribution in [0.3, 0.4) is 0 Å². The van der Waals surface area contributed by atoms with Gasteiger partial charge in [-0.05, 0) is 43.3 Å². The molecule has 0 spiro atoms. The average molecular weight is 394 g/mol. The van der Waals surface area contributed by atoms with Crippen molar-refractivity contribution >= 4 is 0 Å². The van der Waals surface area contributed by atoms with Gasteiger partial charge in [-0.3, -0.25) is 4.79 Å². The fourth-order valence-electron chi connectivity index (χ4n) is 3.50. The molecule has 0 unspecified atom stereocenters. The lowest BCUT2D eigenvalue weighted by molar-refractivity contribution is 0.810. The summed E-state index contributed by atoms with van der Waals surface area (Å²) in [6.07, 6.45) is 7.00. The number of rotatable bonds is 4. The summed E-state index contributed by atoms with van der Waals surface area (Å²) < 4.78 is 5.26. The number of benzene rings is 2. The third-order valence-electron chi connectivity index (χ3n) is 4.97. The molecule has 0 fully saturated rings. The van der Waals surface area contributed by atoms with Gasteiger partial charge in [-0.25, -0.2) is 14.0 Å². The van der Waals surface area contributed by atoms with Gasteiger partial charge in [-0.2, -0.15) is 15.3 Å². The van der Waals surface area contributed by atoms with E-state index in [1.165, 1.54) is 6.07 Å². The van der Waals surface area contributed by atoms with Crippen LogP contribution in [0.1, 0.15) is 5.56 Å². The Hall–Kier alpha value is -4.26. The first-order valence-corrected chi connectivity index (χ1v) is 9.52. The number of hydrogen-bond donors (Lipinski definition) is 0. The number of hydrogen-bond acceptors (Lipinski definition) is 4. The van der Waals surface area contributed by atoms with Crippen molar-refractivity contribution in [2.24, 2.45) is 0 Å². The van der Waals surface area contributed by atoms with E-state index in [9.17, 15) is 4.79 Å². The molecule has 0 aliphatic heterocycles. The Morgan fingerprint density at radius 1 is 0.733 bits per heavy atom. The summed E-state index contributed by atoms with van der Waals surface area (Å²) in [6, 6.07) is 20.8. The molecule has 2 aromatic carbocycles. The van der Waals surface area contributed by atoms with E-state index in [2.05, 4.69) is 15.3 Å². The molecule has 0 N–H and O–H groups in total. The molecule has 7 heteroatoms. The Morgan fingerprint density at radius 3 is 2.30 bits per heavy atom. The lowest BCUT2D eigenvalue weighted by Gasteiger charge is -2.14. The van der Waals surface area contributed by atoms with Crippen LogP contribution in [-0.4, -0.2) is 29.3 Å². The van der Waals surface area contributed by atoms with E-state index in [0.717, 1.165) is 22.6 Å². The molecule has 7 nitrogen and oxygen atoms in total. The molecule has 0 amide bonds. The normalized spacial score (nSPS) is 11.0. The zero-order valence-electron chi connectivity index (χ0n) is 16.3. The van der Waals surface area contributed by atoms with Crippen LogP contribution in [0.2, 0.25) is 0 Å². The SMILES string of the molecule is Cc1c(-n2cccn2)cccc1-n1ccc(=O)c(-c2ccnn2-c2ccccc2)n1. The summed E-state index contributed by atoms with van der Waals surface area (Å²) in [5, 5.41) is 13.4. The van der Waals surface area contributed by atoms with Crippen molar-refractivity contribution in [2.45, 2.75) is 6.92 Å². The number of nitrogens with zero attached hydrogens (tertiary/aromatic N) is 6. The lowest BCUT2D eigenvalue weighted by atomic mass is 10.1. The molecule has 5 rings (SSSR count). The second kappa shape index (κ2) is 7.29. The van der Waals surface area contributed by atoms with Crippen LogP contribution in [0.15, 0.2) is 96.3 Å². The molecule has 0 atom stereocenters.